The summed E-state index contributed by atoms with van der Waals surface area (Å²) in [5, 5.41) is 67.7. The van der Waals surface area contributed by atoms with Crippen LogP contribution >= 0.6 is 0 Å². The number of carbonyl (C=O) groups is 3. The van der Waals surface area contributed by atoms with Gasteiger partial charge in [0.25, 0.3) is 0 Å². The summed E-state index contributed by atoms with van der Waals surface area (Å²) in [6.07, 6.45) is -9.89. The molecule has 1 unspecified atom stereocenters. The van der Waals surface area contributed by atoms with Crippen LogP contribution in [0.1, 0.15) is 101 Å². The molecule has 1 amide bonds. The predicted molar refractivity (Wildman–Crippen MR) is 253 cm³/mol. The molecule has 19 atom stereocenters. The predicted octanol–water partition coefficient (Wildman–Crippen LogP) is 3.15. The second kappa shape index (κ2) is 22.8. The quantitative estimate of drug-likeness (QED) is 0.181. The van der Waals surface area contributed by atoms with Gasteiger partial charge in [-0.3, -0.25) is 14.5 Å². The van der Waals surface area contributed by atoms with Gasteiger partial charge in [0.05, 0.1) is 72.1 Å². The molecule has 0 saturated carbocycles. The van der Waals surface area contributed by atoms with Gasteiger partial charge in [0.1, 0.15) is 41.6 Å². The zero-order chi connectivity index (χ0) is 52.5. The van der Waals surface area contributed by atoms with Gasteiger partial charge in [-0.05, 0) is 86.1 Å². The Morgan fingerprint density at radius 2 is 1.65 bits per heavy atom. The molecule has 400 valence electrons. The van der Waals surface area contributed by atoms with Crippen LogP contribution < -0.4 is 4.90 Å². The molecule has 71 heavy (non-hydrogen) atoms. The van der Waals surface area contributed by atoms with E-state index in [4.69, 9.17) is 33.2 Å². The summed E-state index contributed by atoms with van der Waals surface area (Å²) in [6, 6.07) is 5.19. The first-order chi connectivity index (χ1) is 33.2. The number of hydrogen-bond acceptors (Lipinski definition) is 18. The molecule has 21 heteroatoms. The normalized spacial score (nSPS) is 41.2. The number of ether oxygens (including phenoxy) is 7. The summed E-state index contributed by atoms with van der Waals surface area (Å²) < 4.78 is 58.7. The molecular formula is C50H78FN5O15. The monoisotopic (exact) mass is 1010 g/mol. The maximum absolute atomic E-state index is 14.4. The molecule has 5 N–H and O–H groups in total. The van der Waals surface area contributed by atoms with E-state index in [-0.39, 0.29) is 32.4 Å². The maximum atomic E-state index is 14.4. The van der Waals surface area contributed by atoms with Gasteiger partial charge in [0.2, 0.25) is 0 Å². The summed E-state index contributed by atoms with van der Waals surface area (Å²) in [7, 11) is 3.32. The standard InChI is InChI=1S/C50H78FN5O15/c1-13-37-50(10,64)42(59)28(4)39(57)26(2)21-48(8,63)44(29(5)41(30(6)45(61)69-37)70-38-22-49(9,65-12)43(60)31(7)67-38)71-46-40(58)36(19-27(3)66-46)54(11)18-17-33-23-55(53-52-33)24-35-25-56(47(62)68-35)34-16-14-15-32(51)20-34/h14-16,20,23,26-31,35-38,40-44,46,58-60,63-64H,13,17-19,21-22,24-25H2,1-12H3/t26-,27-,28+,29+,30-,31+,35+,36+,37-,38+,40-,41+,42-,43+,44-,46+,48-,49?,50-/m1/s1. The van der Waals surface area contributed by atoms with Crippen molar-refractivity contribution in [3.05, 3.63) is 42.0 Å². The summed E-state index contributed by atoms with van der Waals surface area (Å²) in [6.45, 7) is 17.0. The van der Waals surface area contributed by atoms with Crippen LogP contribution in [0.15, 0.2) is 30.5 Å². The highest BCUT2D eigenvalue weighted by atomic mass is 19.1. The number of aromatic nitrogens is 3. The Bertz CT molecular complexity index is 2130. The fourth-order valence-electron chi connectivity index (χ4n) is 11.0. The number of methoxy groups -OCH3 is 1. The van der Waals surface area contributed by atoms with Crippen molar-refractivity contribution in [2.24, 2.45) is 23.7 Å². The van der Waals surface area contributed by atoms with Gasteiger partial charge >= 0.3 is 12.1 Å². The van der Waals surface area contributed by atoms with Gasteiger partial charge < -0.3 is 63.6 Å². The number of amides is 1. The van der Waals surface area contributed by atoms with E-state index < -0.39 is 138 Å². The van der Waals surface area contributed by atoms with Gasteiger partial charge in [0, 0.05) is 56.5 Å². The third kappa shape index (κ3) is 12.6. The topological polar surface area (TPSA) is 254 Å². The molecule has 5 heterocycles. The number of benzene rings is 1. The second-order valence-electron chi connectivity index (χ2n) is 21.3. The highest BCUT2D eigenvalue weighted by Gasteiger charge is 2.54. The van der Waals surface area contributed by atoms with Crippen molar-refractivity contribution in [1.82, 2.24) is 19.9 Å². The third-order valence-electron chi connectivity index (χ3n) is 15.4. The van der Waals surface area contributed by atoms with Crippen LogP contribution in [0.5, 0.6) is 0 Å². The molecule has 4 saturated heterocycles. The van der Waals surface area contributed by atoms with Crippen molar-refractivity contribution in [2.75, 3.05) is 32.1 Å². The van der Waals surface area contributed by atoms with Crippen molar-refractivity contribution >= 4 is 23.5 Å². The number of aliphatic hydroxyl groups excluding tert-OH is 3. The van der Waals surface area contributed by atoms with Crippen LogP contribution in [0, 0.1) is 29.5 Å². The van der Waals surface area contributed by atoms with E-state index in [9.17, 15) is 44.3 Å². The van der Waals surface area contributed by atoms with Crippen molar-refractivity contribution in [2.45, 2.75) is 198 Å². The van der Waals surface area contributed by atoms with Crippen molar-refractivity contribution < 1.29 is 77.5 Å². The molecule has 4 aliphatic heterocycles. The number of Topliss-reactive ketones (excluding diaryl/α,β-unsaturated/α-hetero) is 1. The lowest BCUT2D eigenvalue weighted by molar-refractivity contribution is -0.318. The van der Waals surface area contributed by atoms with Crippen molar-refractivity contribution in [1.29, 1.82) is 0 Å². The fourth-order valence-corrected chi connectivity index (χ4v) is 11.0. The van der Waals surface area contributed by atoms with Crippen LogP contribution in [-0.4, -0.2) is 181 Å². The molecule has 4 fully saturated rings. The SMILES string of the molecule is CC[C@H]1OC(=O)[C@H](C)[C@@H](O[C@H]2CC(C)(OC)[C@@H](O)[C@H](C)O2)[C@H](C)[C@@H](O[C@@H]2O[C@H](C)C[C@H](N(C)CCc3cn(C[C@H]4CN(c5cccc(F)c5)C(=O)O4)nn3)[C@H]2O)[C@](C)(O)C[C@@H](C)C(=O)[C@H](C)[C@@H](O)[C@]1(C)O. The molecule has 0 spiro atoms. The first-order valence-electron chi connectivity index (χ1n) is 24.9. The Kier molecular flexibility index (Phi) is 18.2. The van der Waals surface area contributed by atoms with Crippen molar-refractivity contribution in [3.8, 4) is 0 Å². The lowest BCUT2D eigenvalue weighted by Crippen LogP contribution is -2.61. The minimum atomic E-state index is -2.05. The number of rotatable bonds is 13. The average Bonchev–Trinajstić information content (AvgIpc) is 3.93. The van der Waals surface area contributed by atoms with Gasteiger partial charge in [-0.15, -0.1) is 5.10 Å². The van der Waals surface area contributed by atoms with Gasteiger partial charge in [-0.2, -0.15) is 0 Å². The molecular weight excluding hydrogens is 930 g/mol. The van der Waals surface area contributed by atoms with Crippen molar-refractivity contribution in [3.63, 3.8) is 0 Å². The number of anilines is 1. The van der Waals surface area contributed by atoms with E-state index in [2.05, 4.69) is 10.3 Å². The second-order valence-corrected chi connectivity index (χ2v) is 21.3. The minimum absolute atomic E-state index is 0.0445. The third-order valence-corrected chi connectivity index (χ3v) is 15.4. The number of cyclic esters (lactones) is 2. The van der Waals surface area contributed by atoms with E-state index in [0.29, 0.717) is 30.8 Å². The first-order valence-corrected chi connectivity index (χ1v) is 24.9. The number of carbonyl (C=O) groups excluding carboxylic acids is 3. The molecule has 2 aromatic rings. The number of ketones is 1. The van der Waals surface area contributed by atoms with E-state index >= 15 is 0 Å². The Labute approximate surface area is 416 Å². The van der Waals surface area contributed by atoms with E-state index in [1.807, 2.05) is 18.9 Å². The molecule has 1 aromatic heterocycles. The maximum Gasteiger partial charge on any atom is 0.414 e. The summed E-state index contributed by atoms with van der Waals surface area (Å²) in [4.78, 5) is 44.4. The molecule has 20 nitrogen and oxygen atoms in total. The van der Waals surface area contributed by atoms with Crippen LogP contribution in [0.2, 0.25) is 0 Å². The summed E-state index contributed by atoms with van der Waals surface area (Å²) in [5.41, 5.74) is -4.02. The first kappa shape index (κ1) is 56.6. The lowest BCUT2D eigenvalue weighted by Gasteiger charge is -2.49. The van der Waals surface area contributed by atoms with E-state index in [1.165, 1.54) is 51.0 Å². The molecule has 0 bridgehead atoms. The Morgan fingerprint density at radius 3 is 2.31 bits per heavy atom. The highest BCUT2D eigenvalue weighted by molar-refractivity contribution is 5.89. The Balaban J connectivity index is 1.23. The Hall–Kier alpha value is -3.74. The fraction of sp³-hybridized carbons (Fsp3) is 0.780. The lowest BCUT2D eigenvalue weighted by atomic mass is 9.74. The number of esters is 1. The molecule has 0 radical (unpaired) electrons. The number of likely N-dealkylation sites (N-methyl/N-ethyl adjacent to an activating group) is 1. The summed E-state index contributed by atoms with van der Waals surface area (Å²) >= 11 is 0. The largest absolute Gasteiger partial charge is 0.459 e. The zero-order valence-corrected chi connectivity index (χ0v) is 43.2. The van der Waals surface area contributed by atoms with Crippen LogP contribution in [0.25, 0.3) is 0 Å². The van der Waals surface area contributed by atoms with E-state index in [0.717, 1.165) is 0 Å². The van der Waals surface area contributed by atoms with Gasteiger partial charge in [-0.1, -0.05) is 39.0 Å². The average molecular weight is 1010 g/mol. The number of hydrogen-bond donors (Lipinski definition) is 5. The zero-order valence-electron chi connectivity index (χ0n) is 43.2. The molecule has 4 aliphatic rings. The molecule has 1 aromatic carbocycles. The van der Waals surface area contributed by atoms with Gasteiger partial charge in [0.15, 0.2) is 12.6 Å². The summed E-state index contributed by atoms with van der Waals surface area (Å²) in [5.74, 6) is -5.83. The minimum Gasteiger partial charge on any atom is -0.459 e. The molecule has 6 rings (SSSR count). The molecule has 0 aliphatic carbocycles. The van der Waals surface area contributed by atoms with E-state index in [1.54, 1.807) is 58.5 Å². The van der Waals surface area contributed by atoms with Crippen LogP contribution in [0.3, 0.4) is 0 Å². The smallest absolute Gasteiger partial charge is 0.414 e. The number of aliphatic hydroxyl groups is 5. The van der Waals surface area contributed by atoms with Gasteiger partial charge in [-0.25, -0.2) is 13.9 Å². The van der Waals surface area contributed by atoms with Crippen LogP contribution in [-0.2, 0) is 55.7 Å². The number of nitrogens with zero attached hydrogens (tertiary/aromatic N) is 5. The van der Waals surface area contributed by atoms with Crippen LogP contribution in [0.4, 0.5) is 14.9 Å². The number of halogens is 1. The Morgan fingerprint density at radius 1 is 0.944 bits per heavy atom. The highest BCUT2D eigenvalue weighted by Crippen LogP contribution is 2.41.